The Morgan fingerprint density at radius 2 is 1.78 bits per heavy atom. The zero-order chi connectivity index (χ0) is 13.8. The Labute approximate surface area is 111 Å². The van der Waals surface area contributed by atoms with E-state index in [1.807, 2.05) is 25.7 Å². The fraction of sp³-hybridized carbons (Fsp3) is 0.929. The van der Waals surface area contributed by atoms with Crippen molar-refractivity contribution in [3.05, 3.63) is 0 Å². The summed E-state index contributed by atoms with van der Waals surface area (Å²) in [6.45, 7) is 9.37. The topological polar surface area (TPSA) is 55.6 Å². The van der Waals surface area contributed by atoms with Crippen molar-refractivity contribution in [2.24, 2.45) is 11.7 Å². The maximum Gasteiger partial charge on any atom is 0.410 e. The van der Waals surface area contributed by atoms with Crippen LogP contribution in [-0.4, -0.2) is 35.7 Å². The molecule has 106 valence electrons. The molecular formula is C14H28N2O2. The predicted molar refractivity (Wildman–Crippen MR) is 73.4 cm³/mol. The van der Waals surface area contributed by atoms with Gasteiger partial charge in [-0.15, -0.1) is 0 Å². The molecule has 0 aromatic heterocycles. The number of carbonyl (C=O) groups excluding carboxylic acids is 1. The van der Waals surface area contributed by atoms with Crippen molar-refractivity contribution >= 4 is 6.09 Å². The van der Waals surface area contributed by atoms with Crippen molar-refractivity contribution < 1.29 is 9.53 Å². The predicted octanol–water partition coefficient (Wildman–Crippen LogP) is 2.76. The number of carbonyl (C=O) groups is 1. The Balaban J connectivity index is 2.44. The third-order valence-electron chi connectivity index (χ3n) is 3.40. The van der Waals surface area contributed by atoms with Crippen LogP contribution in [0.2, 0.25) is 0 Å². The minimum atomic E-state index is -0.409. The third kappa shape index (κ3) is 5.25. The molecule has 4 heteroatoms. The highest BCUT2D eigenvalue weighted by atomic mass is 16.6. The molecule has 1 heterocycles. The molecule has 2 N–H and O–H groups in total. The molecule has 18 heavy (non-hydrogen) atoms. The number of nitrogens with two attached hydrogens (primary N) is 1. The minimum Gasteiger partial charge on any atom is -0.444 e. The fourth-order valence-corrected chi connectivity index (χ4v) is 2.38. The van der Waals surface area contributed by atoms with Gasteiger partial charge < -0.3 is 15.4 Å². The summed E-state index contributed by atoms with van der Waals surface area (Å²) < 4.78 is 5.41. The maximum atomic E-state index is 12.0. The van der Waals surface area contributed by atoms with Crippen molar-refractivity contribution in [3.63, 3.8) is 0 Å². The number of hydrogen-bond acceptors (Lipinski definition) is 3. The van der Waals surface area contributed by atoms with Gasteiger partial charge in [-0.05, 0) is 59.3 Å². The van der Waals surface area contributed by atoms with E-state index in [0.717, 1.165) is 38.8 Å². The summed E-state index contributed by atoms with van der Waals surface area (Å²) in [5.74, 6) is 0.603. The van der Waals surface area contributed by atoms with Gasteiger partial charge in [0, 0.05) is 19.1 Å². The number of likely N-dealkylation sites (tertiary alicyclic amines) is 1. The molecule has 1 aliphatic rings. The Morgan fingerprint density at radius 1 is 1.28 bits per heavy atom. The lowest BCUT2D eigenvalue weighted by Gasteiger charge is -2.31. The zero-order valence-electron chi connectivity index (χ0n) is 12.2. The Hall–Kier alpha value is -0.770. The van der Waals surface area contributed by atoms with Crippen LogP contribution in [0.4, 0.5) is 4.79 Å². The molecule has 1 fully saturated rings. The normalized spacial score (nSPS) is 21.1. The second-order valence-electron chi connectivity index (χ2n) is 6.37. The van der Waals surface area contributed by atoms with E-state index in [2.05, 4.69) is 6.92 Å². The van der Waals surface area contributed by atoms with Crippen LogP contribution in [0.15, 0.2) is 0 Å². The van der Waals surface area contributed by atoms with E-state index in [9.17, 15) is 4.79 Å². The third-order valence-corrected chi connectivity index (χ3v) is 3.40. The van der Waals surface area contributed by atoms with E-state index in [4.69, 9.17) is 10.5 Å². The van der Waals surface area contributed by atoms with Gasteiger partial charge >= 0.3 is 6.09 Å². The molecule has 0 saturated carbocycles. The summed E-state index contributed by atoms with van der Waals surface area (Å²) in [5.41, 5.74) is 5.55. The molecule has 4 nitrogen and oxygen atoms in total. The van der Waals surface area contributed by atoms with E-state index in [0.29, 0.717) is 5.92 Å². The number of rotatable bonds is 1. The van der Waals surface area contributed by atoms with Crippen LogP contribution in [0.3, 0.4) is 0 Å². The van der Waals surface area contributed by atoms with Crippen molar-refractivity contribution in [1.82, 2.24) is 4.90 Å². The number of hydrogen-bond donors (Lipinski definition) is 1. The summed E-state index contributed by atoms with van der Waals surface area (Å²) in [5, 5.41) is 0. The van der Waals surface area contributed by atoms with Crippen LogP contribution in [0.1, 0.15) is 53.4 Å². The molecule has 1 rings (SSSR count). The number of nitrogens with zero attached hydrogens (tertiary/aromatic N) is 1. The van der Waals surface area contributed by atoms with E-state index < -0.39 is 5.60 Å². The average molecular weight is 256 g/mol. The molecule has 1 saturated heterocycles. The zero-order valence-corrected chi connectivity index (χ0v) is 12.2. The Kier molecular flexibility index (Phi) is 5.45. The second-order valence-corrected chi connectivity index (χ2v) is 6.37. The second kappa shape index (κ2) is 6.41. The number of ether oxygens (including phenoxy) is 1. The Morgan fingerprint density at radius 3 is 2.17 bits per heavy atom. The summed E-state index contributed by atoms with van der Waals surface area (Å²) >= 11 is 0. The highest BCUT2D eigenvalue weighted by molar-refractivity contribution is 5.68. The van der Waals surface area contributed by atoms with Gasteiger partial charge in [0.25, 0.3) is 0 Å². The van der Waals surface area contributed by atoms with Gasteiger partial charge in [0.1, 0.15) is 5.60 Å². The standard InChI is InChI=1S/C14H28N2O2/c1-11(15)12-7-5-9-16(10-6-8-12)13(17)18-14(2,3)4/h11-12H,5-10,15H2,1-4H3/t11-/m0/s1. The quantitative estimate of drug-likeness (QED) is 0.785. The van der Waals surface area contributed by atoms with Crippen molar-refractivity contribution in [2.75, 3.05) is 13.1 Å². The van der Waals surface area contributed by atoms with E-state index in [1.165, 1.54) is 0 Å². The lowest BCUT2D eigenvalue weighted by atomic mass is 9.90. The molecule has 0 unspecified atom stereocenters. The summed E-state index contributed by atoms with van der Waals surface area (Å²) in [6.07, 6.45) is 4.08. The first kappa shape index (κ1) is 15.3. The Bertz CT molecular complexity index is 261. The van der Waals surface area contributed by atoms with Gasteiger partial charge in [-0.25, -0.2) is 4.79 Å². The smallest absolute Gasteiger partial charge is 0.410 e. The van der Waals surface area contributed by atoms with Crippen molar-refractivity contribution in [2.45, 2.75) is 65.0 Å². The lowest BCUT2D eigenvalue weighted by molar-refractivity contribution is 0.0226. The van der Waals surface area contributed by atoms with Crippen LogP contribution < -0.4 is 5.73 Å². The van der Waals surface area contributed by atoms with Gasteiger partial charge in [0.05, 0.1) is 0 Å². The summed E-state index contributed by atoms with van der Waals surface area (Å²) in [7, 11) is 0. The van der Waals surface area contributed by atoms with Crippen LogP contribution in [0, 0.1) is 5.92 Å². The molecule has 0 bridgehead atoms. The van der Waals surface area contributed by atoms with Gasteiger partial charge in [0.2, 0.25) is 0 Å². The molecule has 0 aromatic rings. The van der Waals surface area contributed by atoms with Crippen molar-refractivity contribution in [1.29, 1.82) is 0 Å². The molecule has 0 aliphatic carbocycles. The van der Waals surface area contributed by atoms with E-state index in [1.54, 1.807) is 0 Å². The fourth-order valence-electron chi connectivity index (χ4n) is 2.38. The average Bonchev–Trinajstić information content (AvgIpc) is 2.12. The molecule has 0 radical (unpaired) electrons. The van der Waals surface area contributed by atoms with Crippen LogP contribution in [0.25, 0.3) is 0 Å². The molecule has 1 atom stereocenters. The van der Waals surface area contributed by atoms with Gasteiger partial charge in [-0.2, -0.15) is 0 Å². The van der Waals surface area contributed by atoms with E-state index >= 15 is 0 Å². The first-order chi connectivity index (χ1) is 8.29. The van der Waals surface area contributed by atoms with Crippen LogP contribution >= 0.6 is 0 Å². The lowest BCUT2D eigenvalue weighted by Crippen LogP contribution is -2.40. The largest absolute Gasteiger partial charge is 0.444 e. The van der Waals surface area contributed by atoms with Crippen molar-refractivity contribution in [3.8, 4) is 0 Å². The minimum absolute atomic E-state index is 0.179. The highest BCUT2D eigenvalue weighted by Gasteiger charge is 2.24. The highest BCUT2D eigenvalue weighted by Crippen LogP contribution is 2.21. The maximum absolute atomic E-state index is 12.0. The number of amides is 1. The SMILES string of the molecule is C[C@H](N)C1CCCN(C(=O)OC(C)(C)C)CCC1. The van der Waals surface area contributed by atoms with Gasteiger partial charge in [-0.3, -0.25) is 0 Å². The molecule has 0 spiro atoms. The first-order valence-corrected chi connectivity index (χ1v) is 7.03. The van der Waals surface area contributed by atoms with E-state index in [-0.39, 0.29) is 12.1 Å². The molecular weight excluding hydrogens is 228 g/mol. The molecule has 1 amide bonds. The molecule has 1 aliphatic heterocycles. The van der Waals surface area contributed by atoms with Gasteiger partial charge in [-0.1, -0.05) is 0 Å². The van der Waals surface area contributed by atoms with Crippen LogP contribution in [0.5, 0.6) is 0 Å². The summed E-state index contributed by atoms with van der Waals surface area (Å²) in [4.78, 5) is 13.8. The van der Waals surface area contributed by atoms with Gasteiger partial charge in [0.15, 0.2) is 0 Å². The summed E-state index contributed by atoms with van der Waals surface area (Å²) in [6, 6.07) is 0.262. The van der Waals surface area contributed by atoms with Crippen LogP contribution in [-0.2, 0) is 4.74 Å². The molecule has 0 aromatic carbocycles. The monoisotopic (exact) mass is 256 g/mol. The first-order valence-electron chi connectivity index (χ1n) is 7.03.